The molecule has 0 fully saturated rings. The van der Waals surface area contributed by atoms with Gasteiger partial charge in [-0.25, -0.2) is 0 Å². The topological polar surface area (TPSA) is 63.6 Å². The smallest absolute Gasteiger partial charge is 0.306 e. The monoisotopic (exact) mass is 617 g/mol. The van der Waals surface area contributed by atoms with Crippen LogP contribution in [0.5, 0.6) is 0 Å². The van der Waals surface area contributed by atoms with E-state index in [1.54, 1.807) is 0 Å². The maximum Gasteiger partial charge on any atom is 0.306 e. The van der Waals surface area contributed by atoms with Gasteiger partial charge in [0.05, 0.1) is 6.10 Å². The Balaban J connectivity index is 3.33. The Morgan fingerprint density at radius 2 is 0.909 bits per heavy atom. The van der Waals surface area contributed by atoms with Crippen molar-refractivity contribution in [2.75, 3.05) is 0 Å². The minimum absolute atomic E-state index is 0.0105. The van der Waals surface area contributed by atoms with Gasteiger partial charge in [-0.1, -0.05) is 159 Å². The predicted octanol–water partition coefficient (Wildman–Crippen LogP) is 13.0. The molecule has 1 N–H and O–H groups in total. The van der Waals surface area contributed by atoms with Gasteiger partial charge in [0.25, 0.3) is 0 Å². The van der Waals surface area contributed by atoms with Crippen molar-refractivity contribution in [3.05, 3.63) is 36.5 Å². The largest absolute Gasteiger partial charge is 0.481 e. The van der Waals surface area contributed by atoms with Gasteiger partial charge in [-0.3, -0.25) is 9.59 Å². The molecule has 0 saturated heterocycles. The predicted molar refractivity (Wildman–Crippen MR) is 190 cm³/mol. The molecular weight excluding hydrogens is 544 g/mol. The lowest BCUT2D eigenvalue weighted by Crippen LogP contribution is -2.14. The third-order valence-corrected chi connectivity index (χ3v) is 8.37. The van der Waals surface area contributed by atoms with E-state index < -0.39 is 5.97 Å². The van der Waals surface area contributed by atoms with E-state index in [1.165, 1.54) is 109 Å². The number of carboxylic acid groups (broad SMARTS) is 1. The second-order valence-electron chi connectivity index (χ2n) is 12.8. The van der Waals surface area contributed by atoms with Crippen molar-refractivity contribution in [2.24, 2.45) is 0 Å². The number of carboxylic acids is 1. The highest BCUT2D eigenvalue weighted by atomic mass is 16.5. The van der Waals surface area contributed by atoms with Crippen LogP contribution in [-0.4, -0.2) is 23.1 Å². The summed E-state index contributed by atoms with van der Waals surface area (Å²) in [6, 6.07) is 0. The van der Waals surface area contributed by atoms with Crippen LogP contribution >= 0.6 is 0 Å². The summed E-state index contributed by atoms with van der Waals surface area (Å²) < 4.78 is 5.63. The van der Waals surface area contributed by atoms with Gasteiger partial charge in [0.2, 0.25) is 0 Å². The molecule has 0 aliphatic heterocycles. The first-order valence-electron chi connectivity index (χ1n) is 18.9. The van der Waals surface area contributed by atoms with E-state index in [0.29, 0.717) is 12.8 Å². The van der Waals surface area contributed by atoms with Gasteiger partial charge in [0, 0.05) is 12.8 Å². The molecule has 0 aliphatic carbocycles. The molecule has 0 aromatic heterocycles. The van der Waals surface area contributed by atoms with E-state index in [9.17, 15) is 9.59 Å². The van der Waals surface area contributed by atoms with E-state index in [1.807, 2.05) is 0 Å². The molecule has 0 rings (SSSR count). The van der Waals surface area contributed by atoms with Gasteiger partial charge in [-0.15, -0.1) is 0 Å². The summed E-state index contributed by atoms with van der Waals surface area (Å²) in [5, 5.41) is 8.64. The molecule has 44 heavy (non-hydrogen) atoms. The summed E-state index contributed by atoms with van der Waals surface area (Å²) in [5.41, 5.74) is 0. The van der Waals surface area contributed by atoms with Crippen LogP contribution in [0.4, 0.5) is 0 Å². The third kappa shape index (κ3) is 36.4. The number of esters is 1. The van der Waals surface area contributed by atoms with Crippen molar-refractivity contribution in [1.29, 1.82) is 0 Å². The first kappa shape index (κ1) is 42.2. The number of allylic oxidation sites excluding steroid dienone is 6. The Morgan fingerprint density at radius 1 is 0.523 bits per heavy atom. The number of rotatable bonds is 34. The summed E-state index contributed by atoms with van der Waals surface area (Å²) in [7, 11) is 0. The van der Waals surface area contributed by atoms with Crippen LogP contribution in [0.25, 0.3) is 0 Å². The Hall–Kier alpha value is -1.84. The number of hydrogen-bond acceptors (Lipinski definition) is 3. The van der Waals surface area contributed by atoms with Crippen molar-refractivity contribution in [1.82, 2.24) is 0 Å². The number of carbonyl (C=O) groups excluding carboxylic acids is 1. The van der Waals surface area contributed by atoms with Gasteiger partial charge in [0.15, 0.2) is 0 Å². The van der Waals surface area contributed by atoms with Crippen molar-refractivity contribution >= 4 is 11.9 Å². The lowest BCUT2D eigenvalue weighted by atomic mass is 10.0. The standard InChI is InChI=1S/C40H72O4/c1-3-4-5-6-7-8-9-10-14-19-22-25-28-31-34-37-40(43)44-38(2)35-32-29-26-23-20-17-15-12-11-13-16-18-21-24-27-30-33-36-39(41)42/h4-5,7-8,10,14,38H,3,6,9,11-13,15-37H2,1-2H3,(H,41,42)/b5-4-,8-7-,14-10-. The number of hydrogen-bond donors (Lipinski definition) is 1. The zero-order valence-electron chi connectivity index (χ0n) is 29.2. The number of unbranched alkanes of at least 4 members (excludes halogenated alkanes) is 21. The Bertz CT molecular complexity index is 708. The van der Waals surface area contributed by atoms with Crippen LogP contribution < -0.4 is 0 Å². The zero-order valence-corrected chi connectivity index (χ0v) is 29.2. The fourth-order valence-corrected chi connectivity index (χ4v) is 5.59. The molecule has 0 saturated carbocycles. The fraction of sp³-hybridized carbons (Fsp3) is 0.800. The van der Waals surface area contributed by atoms with Crippen molar-refractivity contribution in [3.63, 3.8) is 0 Å². The molecule has 0 aromatic rings. The normalized spacial score (nSPS) is 12.6. The highest BCUT2D eigenvalue weighted by molar-refractivity contribution is 5.69. The van der Waals surface area contributed by atoms with E-state index in [4.69, 9.17) is 9.84 Å². The maximum absolute atomic E-state index is 12.1. The van der Waals surface area contributed by atoms with Crippen molar-refractivity contribution < 1.29 is 19.4 Å². The van der Waals surface area contributed by atoms with Crippen LogP contribution in [0.15, 0.2) is 36.5 Å². The summed E-state index contributed by atoms with van der Waals surface area (Å²) >= 11 is 0. The number of aliphatic carboxylic acids is 1. The average molecular weight is 617 g/mol. The first-order valence-corrected chi connectivity index (χ1v) is 18.9. The molecule has 1 unspecified atom stereocenters. The summed E-state index contributed by atoms with van der Waals surface area (Å²) in [6.45, 7) is 4.21. The zero-order chi connectivity index (χ0) is 32.2. The molecule has 256 valence electrons. The maximum atomic E-state index is 12.1. The van der Waals surface area contributed by atoms with Crippen molar-refractivity contribution in [3.8, 4) is 0 Å². The molecule has 1 atom stereocenters. The molecule has 0 heterocycles. The molecular formula is C40H72O4. The quantitative estimate of drug-likeness (QED) is 0.0444. The molecule has 0 amide bonds. The third-order valence-electron chi connectivity index (χ3n) is 8.37. The van der Waals surface area contributed by atoms with Gasteiger partial charge in [-0.05, 0) is 64.7 Å². The highest BCUT2D eigenvalue weighted by Crippen LogP contribution is 2.16. The SMILES string of the molecule is CC/C=C\C/C=C\C/C=C\CCCCCCCC(=O)OC(C)CCCCCCCCCCCCCCCCCCCC(=O)O. The number of carbonyl (C=O) groups is 2. The lowest BCUT2D eigenvalue weighted by molar-refractivity contribution is -0.148. The van der Waals surface area contributed by atoms with E-state index in [0.717, 1.165) is 64.2 Å². The van der Waals surface area contributed by atoms with E-state index in [-0.39, 0.29) is 12.1 Å². The second kappa shape index (κ2) is 35.6. The second-order valence-corrected chi connectivity index (χ2v) is 12.8. The van der Waals surface area contributed by atoms with E-state index in [2.05, 4.69) is 50.3 Å². The first-order chi connectivity index (χ1) is 21.6. The Morgan fingerprint density at radius 3 is 1.39 bits per heavy atom. The fourth-order valence-electron chi connectivity index (χ4n) is 5.59. The lowest BCUT2D eigenvalue weighted by Gasteiger charge is -2.13. The molecule has 4 nitrogen and oxygen atoms in total. The van der Waals surface area contributed by atoms with Gasteiger partial charge < -0.3 is 9.84 Å². The number of ether oxygens (including phenoxy) is 1. The van der Waals surface area contributed by atoms with Gasteiger partial charge >= 0.3 is 11.9 Å². The molecule has 0 spiro atoms. The Kier molecular flexibility index (Phi) is 34.1. The molecule has 0 aliphatic rings. The van der Waals surface area contributed by atoms with Crippen LogP contribution in [0, 0.1) is 0 Å². The summed E-state index contributed by atoms with van der Waals surface area (Å²) in [4.78, 5) is 22.6. The molecule has 0 radical (unpaired) electrons. The minimum Gasteiger partial charge on any atom is -0.481 e. The average Bonchev–Trinajstić information content (AvgIpc) is 3.00. The molecule has 0 aromatic carbocycles. The summed E-state index contributed by atoms with van der Waals surface area (Å²) in [6.07, 6.45) is 47.2. The summed E-state index contributed by atoms with van der Waals surface area (Å²) in [5.74, 6) is -0.674. The molecule has 0 bridgehead atoms. The van der Waals surface area contributed by atoms with Crippen LogP contribution in [-0.2, 0) is 14.3 Å². The van der Waals surface area contributed by atoms with Crippen molar-refractivity contribution in [2.45, 2.75) is 206 Å². The minimum atomic E-state index is -0.664. The van der Waals surface area contributed by atoms with Gasteiger partial charge in [-0.2, -0.15) is 0 Å². The van der Waals surface area contributed by atoms with E-state index >= 15 is 0 Å². The highest BCUT2D eigenvalue weighted by Gasteiger charge is 2.09. The molecule has 4 heteroatoms. The van der Waals surface area contributed by atoms with Crippen LogP contribution in [0.1, 0.15) is 200 Å². The van der Waals surface area contributed by atoms with Crippen LogP contribution in [0.3, 0.4) is 0 Å². The van der Waals surface area contributed by atoms with Gasteiger partial charge in [0.1, 0.15) is 0 Å². The Labute approximate surface area is 273 Å². The van der Waals surface area contributed by atoms with Crippen LogP contribution in [0.2, 0.25) is 0 Å².